The number of hydrogen-bond donors (Lipinski definition) is 0. The van der Waals surface area contributed by atoms with Gasteiger partial charge in [0.1, 0.15) is 19.0 Å². The first-order valence-electron chi connectivity index (χ1n) is 8.50. The number of benzene rings is 2. The Kier molecular flexibility index (Phi) is 5.43. The van der Waals surface area contributed by atoms with Crippen molar-refractivity contribution in [3.8, 4) is 17.2 Å². The molecule has 0 saturated carbocycles. The number of hydrogen-bond acceptors (Lipinski definition) is 4. The standard InChI is InChI=1S/C20H23NO4/c1-3-16-6-4-5-7-17(16)25-14-20(22)21(2)13-15-8-9-18-19(12-15)24-11-10-23-18/h4-9,12H,3,10-11,13-14H2,1-2H3. The second-order valence-electron chi connectivity index (χ2n) is 5.98. The molecule has 2 aromatic rings. The van der Waals surface area contributed by atoms with Gasteiger partial charge in [0.15, 0.2) is 18.1 Å². The van der Waals surface area contributed by atoms with Gasteiger partial charge in [-0.3, -0.25) is 4.79 Å². The fraction of sp³-hybridized carbons (Fsp3) is 0.350. The summed E-state index contributed by atoms with van der Waals surface area (Å²) in [7, 11) is 1.77. The van der Waals surface area contributed by atoms with Gasteiger partial charge < -0.3 is 19.1 Å². The monoisotopic (exact) mass is 341 g/mol. The summed E-state index contributed by atoms with van der Waals surface area (Å²) in [5.41, 5.74) is 2.10. The van der Waals surface area contributed by atoms with Crippen LogP contribution in [0.15, 0.2) is 42.5 Å². The van der Waals surface area contributed by atoms with E-state index in [9.17, 15) is 4.79 Å². The number of para-hydroxylation sites is 1. The number of nitrogens with zero attached hydrogens (tertiary/aromatic N) is 1. The molecular formula is C20H23NO4. The van der Waals surface area contributed by atoms with Crippen molar-refractivity contribution in [3.05, 3.63) is 53.6 Å². The summed E-state index contributed by atoms with van der Waals surface area (Å²) in [6, 6.07) is 13.6. The molecule has 1 heterocycles. The lowest BCUT2D eigenvalue weighted by Gasteiger charge is -2.21. The Balaban J connectivity index is 1.57. The van der Waals surface area contributed by atoms with Crippen LogP contribution in [0.5, 0.6) is 17.2 Å². The van der Waals surface area contributed by atoms with Gasteiger partial charge in [0.05, 0.1) is 0 Å². The molecule has 0 fully saturated rings. The van der Waals surface area contributed by atoms with Gasteiger partial charge in [-0.15, -0.1) is 0 Å². The van der Waals surface area contributed by atoms with E-state index in [2.05, 4.69) is 6.92 Å². The Labute approximate surface area is 148 Å². The minimum absolute atomic E-state index is 0.0259. The van der Waals surface area contributed by atoms with E-state index in [1.165, 1.54) is 0 Å². The van der Waals surface area contributed by atoms with E-state index in [4.69, 9.17) is 14.2 Å². The van der Waals surface area contributed by atoms with Gasteiger partial charge in [0.25, 0.3) is 5.91 Å². The molecule has 0 unspecified atom stereocenters. The molecule has 0 atom stereocenters. The number of carbonyl (C=O) groups is 1. The van der Waals surface area contributed by atoms with Gasteiger partial charge in [-0.2, -0.15) is 0 Å². The van der Waals surface area contributed by atoms with Crippen molar-refractivity contribution in [1.29, 1.82) is 0 Å². The largest absolute Gasteiger partial charge is 0.486 e. The van der Waals surface area contributed by atoms with Crippen LogP contribution in [-0.2, 0) is 17.8 Å². The van der Waals surface area contributed by atoms with Gasteiger partial charge in [-0.1, -0.05) is 31.2 Å². The molecule has 132 valence electrons. The molecule has 1 amide bonds. The van der Waals surface area contributed by atoms with E-state index < -0.39 is 0 Å². The topological polar surface area (TPSA) is 48.0 Å². The van der Waals surface area contributed by atoms with Crippen LogP contribution in [0.4, 0.5) is 0 Å². The molecule has 0 aliphatic carbocycles. The second-order valence-corrected chi connectivity index (χ2v) is 5.98. The molecular weight excluding hydrogens is 318 g/mol. The Morgan fingerprint density at radius 1 is 1.12 bits per heavy atom. The van der Waals surface area contributed by atoms with E-state index in [1.54, 1.807) is 11.9 Å². The van der Waals surface area contributed by atoms with Crippen LogP contribution >= 0.6 is 0 Å². The van der Waals surface area contributed by atoms with Crippen molar-refractivity contribution in [1.82, 2.24) is 4.90 Å². The van der Waals surface area contributed by atoms with Gasteiger partial charge in [0.2, 0.25) is 0 Å². The van der Waals surface area contributed by atoms with Crippen molar-refractivity contribution < 1.29 is 19.0 Å². The molecule has 0 aromatic heterocycles. The lowest BCUT2D eigenvalue weighted by Crippen LogP contribution is -2.31. The van der Waals surface area contributed by atoms with E-state index in [0.29, 0.717) is 19.8 Å². The summed E-state index contributed by atoms with van der Waals surface area (Å²) in [6.07, 6.45) is 0.872. The molecule has 0 saturated heterocycles. The first-order chi connectivity index (χ1) is 12.2. The fourth-order valence-electron chi connectivity index (χ4n) is 2.73. The molecule has 0 N–H and O–H groups in total. The molecule has 5 nitrogen and oxygen atoms in total. The number of likely N-dealkylation sites (N-methyl/N-ethyl adjacent to an activating group) is 1. The van der Waals surface area contributed by atoms with E-state index in [-0.39, 0.29) is 12.5 Å². The maximum absolute atomic E-state index is 12.4. The van der Waals surface area contributed by atoms with Crippen molar-refractivity contribution >= 4 is 5.91 Å². The molecule has 0 bridgehead atoms. The Morgan fingerprint density at radius 3 is 2.68 bits per heavy atom. The quantitative estimate of drug-likeness (QED) is 0.810. The molecule has 2 aromatic carbocycles. The highest BCUT2D eigenvalue weighted by Gasteiger charge is 2.15. The van der Waals surface area contributed by atoms with Gasteiger partial charge in [0, 0.05) is 13.6 Å². The third-order valence-electron chi connectivity index (χ3n) is 4.16. The Morgan fingerprint density at radius 2 is 1.88 bits per heavy atom. The van der Waals surface area contributed by atoms with Crippen molar-refractivity contribution in [2.45, 2.75) is 19.9 Å². The summed E-state index contributed by atoms with van der Waals surface area (Å²) in [5, 5.41) is 0. The predicted octanol–water partition coefficient (Wildman–Crippen LogP) is 3.06. The highest BCUT2D eigenvalue weighted by atomic mass is 16.6. The van der Waals surface area contributed by atoms with Crippen LogP contribution in [0.1, 0.15) is 18.1 Å². The van der Waals surface area contributed by atoms with Crippen LogP contribution in [0.3, 0.4) is 0 Å². The second kappa shape index (κ2) is 7.92. The predicted molar refractivity (Wildman–Crippen MR) is 95.2 cm³/mol. The summed E-state index contributed by atoms with van der Waals surface area (Å²) < 4.78 is 16.8. The summed E-state index contributed by atoms with van der Waals surface area (Å²) in [6.45, 7) is 3.71. The maximum atomic E-state index is 12.4. The van der Waals surface area contributed by atoms with Crippen molar-refractivity contribution in [2.75, 3.05) is 26.9 Å². The molecule has 1 aliphatic rings. The number of amides is 1. The maximum Gasteiger partial charge on any atom is 0.260 e. The van der Waals surface area contributed by atoms with Gasteiger partial charge in [-0.05, 0) is 35.7 Å². The zero-order valence-corrected chi connectivity index (χ0v) is 14.7. The fourth-order valence-corrected chi connectivity index (χ4v) is 2.73. The zero-order valence-electron chi connectivity index (χ0n) is 14.7. The van der Waals surface area contributed by atoms with Gasteiger partial charge in [-0.25, -0.2) is 0 Å². The summed E-state index contributed by atoms with van der Waals surface area (Å²) in [4.78, 5) is 14.0. The number of carbonyl (C=O) groups excluding carboxylic acids is 1. The van der Waals surface area contributed by atoms with Crippen LogP contribution in [0.2, 0.25) is 0 Å². The average molecular weight is 341 g/mol. The molecule has 0 radical (unpaired) electrons. The minimum atomic E-state index is -0.0687. The first-order valence-corrected chi connectivity index (χ1v) is 8.50. The highest BCUT2D eigenvalue weighted by Crippen LogP contribution is 2.31. The number of aryl methyl sites for hydroxylation is 1. The smallest absolute Gasteiger partial charge is 0.260 e. The summed E-state index contributed by atoms with van der Waals surface area (Å²) in [5.74, 6) is 2.19. The lowest BCUT2D eigenvalue weighted by molar-refractivity contribution is -0.132. The molecule has 0 spiro atoms. The third kappa shape index (κ3) is 4.24. The van der Waals surface area contributed by atoms with Gasteiger partial charge >= 0.3 is 0 Å². The zero-order chi connectivity index (χ0) is 17.6. The van der Waals surface area contributed by atoms with Crippen molar-refractivity contribution in [3.63, 3.8) is 0 Å². The van der Waals surface area contributed by atoms with Crippen LogP contribution in [0, 0.1) is 0 Å². The average Bonchev–Trinajstić information content (AvgIpc) is 2.66. The SMILES string of the molecule is CCc1ccccc1OCC(=O)N(C)Cc1ccc2c(c1)OCCO2. The lowest BCUT2D eigenvalue weighted by atomic mass is 10.1. The number of ether oxygens (including phenoxy) is 3. The van der Waals surface area contributed by atoms with Crippen LogP contribution in [0.25, 0.3) is 0 Å². The Bertz CT molecular complexity index is 744. The molecule has 5 heteroatoms. The number of fused-ring (bicyclic) bond motifs is 1. The normalized spacial score (nSPS) is 12.6. The third-order valence-corrected chi connectivity index (χ3v) is 4.16. The van der Waals surface area contributed by atoms with Crippen molar-refractivity contribution in [2.24, 2.45) is 0 Å². The molecule has 25 heavy (non-hydrogen) atoms. The summed E-state index contributed by atoms with van der Waals surface area (Å²) >= 11 is 0. The van der Waals surface area contributed by atoms with Crippen LogP contribution in [-0.4, -0.2) is 37.7 Å². The van der Waals surface area contributed by atoms with E-state index >= 15 is 0 Å². The number of rotatable bonds is 6. The van der Waals surface area contributed by atoms with Crippen LogP contribution < -0.4 is 14.2 Å². The first kappa shape index (κ1) is 17.1. The molecule has 1 aliphatic heterocycles. The Hall–Kier alpha value is -2.69. The highest BCUT2D eigenvalue weighted by molar-refractivity contribution is 5.77. The minimum Gasteiger partial charge on any atom is -0.486 e. The van der Waals surface area contributed by atoms with E-state index in [0.717, 1.165) is 34.8 Å². The van der Waals surface area contributed by atoms with E-state index in [1.807, 2.05) is 42.5 Å². The molecule has 3 rings (SSSR count).